The molecule has 1 aromatic heterocycles. The van der Waals surface area contributed by atoms with Crippen molar-refractivity contribution < 1.29 is 4.79 Å². The lowest BCUT2D eigenvalue weighted by Crippen LogP contribution is -2.14. The zero-order chi connectivity index (χ0) is 17.6. The smallest absolute Gasteiger partial charge is 0.274 e. The van der Waals surface area contributed by atoms with E-state index in [2.05, 4.69) is 15.6 Å². The Labute approximate surface area is 155 Å². The Hall–Kier alpha value is -2.56. The highest BCUT2D eigenvalue weighted by Gasteiger charge is 2.09. The van der Waals surface area contributed by atoms with Crippen LogP contribution in [0, 0.1) is 0 Å². The van der Waals surface area contributed by atoms with Crippen LogP contribution in [0.2, 0.25) is 10.0 Å². The van der Waals surface area contributed by atoms with Gasteiger partial charge in [-0.25, -0.2) is 4.98 Å². The van der Waals surface area contributed by atoms with E-state index in [-0.39, 0.29) is 5.91 Å². The lowest BCUT2D eigenvalue weighted by atomic mass is 10.2. The summed E-state index contributed by atoms with van der Waals surface area (Å²) in [6.45, 7) is 0.576. The van der Waals surface area contributed by atoms with Crippen molar-refractivity contribution in [2.45, 2.75) is 6.54 Å². The van der Waals surface area contributed by atoms with Crippen LogP contribution < -0.4 is 10.6 Å². The van der Waals surface area contributed by atoms with Gasteiger partial charge in [0, 0.05) is 11.6 Å². The molecule has 0 saturated carbocycles. The van der Waals surface area contributed by atoms with Crippen molar-refractivity contribution in [3.05, 3.63) is 88.2 Å². The summed E-state index contributed by atoms with van der Waals surface area (Å²) in [5.74, 6) is -0.314. The summed E-state index contributed by atoms with van der Waals surface area (Å²) in [7, 11) is 0. The number of aromatic nitrogens is 1. The summed E-state index contributed by atoms with van der Waals surface area (Å²) in [6, 6.07) is 18.1. The van der Waals surface area contributed by atoms with Crippen molar-refractivity contribution in [2.75, 3.05) is 10.6 Å². The summed E-state index contributed by atoms with van der Waals surface area (Å²) < 4.78 is 0. The Balaban J connectivity index is 1.63. The number of amides is 1. The third-order valence-corrected chi connectivity index (χ3v) is 4.26. The Kier molecular flexibility index (Phi) is 5.53. The maximum atomic E-state index is 12.2. The third kappa shape index (κ3) is 4.50. The van der Waals surface area contributed by atoms with E-state index < -0.39 is 0 Å². The van der Waals surface area contributed by atoms with Crippen LogP contribution in [0.3, 0.4) is 0 Å². The number of rotatable bonds is 5. The van der Waals surface area contributed by atoms with Gasteiger partial charge in [0.1, 0.15) is 5.69 Å². The van der Waals surface area contributed by atoms with Gasteiger partial charge in [0.2, 0.25) is 0 Å². The molecular weight excluding hydrogens is 357 g/mol. The van der Waals surface area contributed by atoms with Gasteiger partial charge in [-0.1, -0.05) is 53.5 Å². The lowest BCUT2D eigenvalue weighted by molar-refractivity contribution is 0.102. The minimum absolute atomic E-state index is 0.309. The summed E-state index contributed by atoms with van der Waals surface area (Å²) in [5, 5.41) is 7.15. The first kappa shape index (κ1) is 17.3. The molecule has 2 aromatic carbocycles. The third-order valence-electron chi connectivity index (χ3n) is 3.56. The molecule has 1 heterocycles. The van der Waals surface area contributed by atoms with Crippen LogP contribution in [-0.4, -0.2) is 10.9 Å². The van der Waals surface area contributed by atoms with E-state index in [0.717, 1.165) is 11.3 Å². The predicted octanol–water partition coefficient (Wildman–Crippen LogP) is 5.25. The van der Waals surface area contributed by atoms with E-state index in [1.165, 1.54) is 0 Å². The lowest BCUT2D eigenvalue weighted by Gasteiger charge is -2.09. The number of anilines is 2. The van der Waals surface area contributed by atoms with E-state index in [0.29, 0.717) is 28.0 Å². The molecule has 0 bridgehead atoms. The first-order chi connectivity index (χ1) is 12.1. The molecule has 0 radical (unpaired) electrons. The minimum atomic E-state index is -0.314. The molecule has 25 heavy (non-hydrogen) atoms. The SMILES string of the molecule is O=C(Nc1ccccc1Cl)c1ccc(NCc2ccccc2Cl)cn1. The summed E-state index contributed by atoms with van der Waals surface area (Å²) in [6.07, 6.45) is 1.61. The number of para-hydroxylation sites is 1. The zero-order valence-corrected chi connectivity index (χ0v) is 14.7. The highest BCUT2D eigenvalue weighted by molar-refractivity contribution is 6.33. The monoisotopic (exact) mass is 371 g/mol. The Morgan fingerprint density at radius 2 is 1.64 bits per heavy atom. The highest BCUT2D eigenvalue weighted by atomic mass is 35.5. The van der Waals surface area contributed by atoms with Gasteiger partial charge in [-0.2, -0.15) is 0 Å². The number of halogens is 2. The fourth-order valence-electron chi connectivity index (χ4n) is 2.22. The maximum Gasteiger partial charge on any atom is 0.274 e. The van der Waals surface area contributed by atoms with Crippen molar-refractivity contribution in [2.24, 2.45) is 0 Å². The number of hydrogen-bond acceptors (Lipinski definition) is 3. The molecule has 126 valence electrons. The number of nitrogens with one attached hydrogen (secondary N) is 2. The first-order valence-corrected chi connectivity index (χ1v) is 8.38. The Morgan fingerprint density at radius 3 is 2.32 bits per heavy atom. The molecule has 3 aromatic rings. The van der Waals surface area contributed by atoms with Crippen molar-refractivity contribution in [3.8, 4) is 0 Å². The average Bonchev–Trinajstić information content (AvgIpc) is 2.63. The van der Waals surface area contributed by atoms with Crippen LogP contribution in [0.5, 0.6) is 0 Å². The number of hydrogen-bond donors (Lipinski definition) is 2. The quantitative estimate of drug-likeness (QED) is 0.643. The van der Waals surface area contributed by atoms with Crippen molar-refractivity contribution in [3.63, 3.8) is 0 Å². The molecule has 0 aliphatic carbocycles. The molecule has 0 aliphatic rings. The van der Waals surface area contributed by atoms with E-state index in [1.807, 2.05) is 24.3 Å². The van der Waals surface area contributed by atoms with Crippen molar-refractivity contribution >= 4 is 40.5 Å². The standard InChI is InChI=1S/C19H15Cl2N3O/c20-15-6-2-1-5-13(15)11-22-14-9-10-18(23-12-14)19(25)24-17-8-4-3-7-16(17)21/h1-10,12,22H,11H2,(H,24,25). The molecule has 1 amide bonds. The molecular formula is C19H15Cl2N3O. The van der Waals surface area contributed by atoms with Gasteiger partial charge < -0.3 is 10.6 Å². The van der Waals surface area contributed by atoms with Gasteiger partial charge >= 0.3 is 0 Å². The van der Waals surface area contributed by atoms with Crippen LogP contribution in [0.15, 0.2) is 66.9 Å². The van der Waals surface area contributed by atoms with Gasteiger partial charge in [0.15, 0.2) is 0 Å². The van der Waals surface area contributed by atoms with E-state index >= 15 is 0 Å². The van der Waals surface area contributed by atoms with Crippen molar-refractivity contribution in [1.82, 2.24) is 4.98 Å². The van der Waals surface area contributed by atoms with E-state index in [1.54, 1.807) is 42.6 Å². The topological polar surface area (TPSA) is 54.0 Å². The molecule has 4 nitrogen and oxygen atoms in total. The second-order valence-corrected chi connectivity index (χ2v) is 6.13. The molecule has 3 rings (SSSR count). The second kappa shape index (κ2) is 8.01. The van der Waals surface area contributed by atoms with Gasteiger partial charge in [-0.15, -0.1) is 0 Å². The summed E-state index contributed by atoms with van der Waals surface area (Å²) in [5.41, 5.74) is 2.65. The average molecular weight is 372 g/mol. The van der Waals surface area contributed by atoms with Crippen molar-refractivity contribution in [1.29, 1.82) is 0 Å². The molecule has 0 spiro atoms. The number of benzene rings is 2. The number of pyridine rings is 1. The number of carbonyl (C=O) groups excluding carboxylic acids is 1. The summed E-state index contributed by atoms with van der Waals surface area (Å²) >= 11 is 12.2. The molecule has 0 unspecified atom stereocenters. The zero-order valence-electron chi connectivity index (χ0n) is 13.2. The van der Waals surface area contributed by atoms with Crippen LogP contribution in [0.25, 0.3) is 0 Å². The molecule has 6 heteroatoms. The van der Waals surface area contributed by atoms with Crippen LogP contribution in [0.4, 0.5) is 11.4 Å². The highest BCUT2D eigenvalue weighted by Crippen LogP contribution is 2.21. The predicted molar refractivity (Wildman–Crippen MR) is 102 cm³/mol. The molecule has 0 aliphatic heterocycles. The normalized spacial score (nSPS) is 10.3. The first-order valence-electron chi connectivity index (χ1n) is 7.63. The Morgan fingerprint density at radius 1 is 0.920 bits per heavy atom. The van der Waals surface area contributed by atoms with Crippen LogP contribution in [0.1, 0.15) is 16.1 Å². The van der Waals surface area contributed by atoms with E-state index in [4.69, 9.17) is 23.2 Å². The number of nitrogens with zero attached hydrogens (tertiary/aromatic N) is 1. The fourth-order valence-corrected chi connectivity index (χ4v) is 2.61. The molecule has 2 N–H and O–H groups in total. The van der Waals surface area contributed by atoms with Crippen LogP contribution in [-0.2, 0) is 6.54 Å². The van der Waals surface area contributed by atoms with Crippen LogP contribution >= 0.6 is 23.2 Å². The van der Waals surface area contributed by atoms with Gasteiger partial charge in [-0.3, -0.25) is 4.79 Å². The number of carbonyl (C=O) groups is 1. The van der Waals surface area contributed by atoms with Gasteiger partial charge in [0.05, 0.1) is 22.6 Å². The van der Waals surface area contributed by atoms with E-state index in [9.17, 15) is 4.79 Å². The molecule has 0 saturated heterocycles. The second-order valence-electron chi connectivity index (χ2n) is 5.31. The maximum absolute atomic E-state index is 12.2. The minimum Gasteiger partial charge on any atom is -0.380 e. The fraction of sp³-hybridized carbons (Fsp3) is 0.0526. The van der Waals surface area contributed by atoms with Gasteiger partial charge in [-0.05, 0) is 35.9 Å². The summed E-state index contributed by atoms with van der Waals surface area (Å²) in [4.78, 5) is 16.4. The Bertz CT molecular complexity index is 882. The van der Waals surface area contributed by atoms with Gasteiger partial charge in [0.25, 0.3) is 5.91 Å². The molecule has 0 atom stereocenters. The largest absolute Gasteiger partial charge is 0.380 e. The molecule has 0 fully saturated rings.